The van der Waals surface area contributed by atoms with E-state index in [0.29, 0.717) is 5.92 Å². The van der Waals surface area contributed by atoms with E-state index in [-0.39, 0.29) is 0 Å². The van der Waals surface area contributed by atoms with Crippen LogP contribution < -0.4 is 0 Å². The van der Waals surface area contributed by atoms with Gasteiger partial charge in [0.1, 0.15) is 0 Å². The molecular formula is C36H47. The highest BCUT2D eigenvalue weighted by Crippen LogP contribution is 2.45. The predicted octanol–water partition coefficient (Wildman–Crippen LogP) is 10.9. The second kappa shape index (κ2) is 14.2. The third kappa shape index (κ3) is 7.45. The Morgan fingerprint density at radius 1 is 0.778 bits per heavy atom. The van der Waals surface area contributed by atoms with Gasteiger partial charge in [-0.2, -0.15) is 0 Å². The molecular weight excluding hydrogens is 432 g/mol. The summed E-state index contributed by atoms with van der Waals surface area (Å²) in [5.41, 5.74) is 11.4. The van der Waals surface area contributed by atoms with Crippen LogP contribution in [-0.4, -0.2) is 0 Å². The average Bonchev–Trinajstić information content (AvgIpc) is 3.20. The monoisotopic (exact) mass is 479 g/mol. The molecule has 0 amide bonds. The molecule has 1 unspecified atom stereocenters. The summed E-state index contributed by atoms with van der Waals surface area (Å²) in [6.45, 7) is 12.6. The summed E-state index contributed by atoms with van der Waals surface area (Å²) in [6, 6.07) is 9.05. The molecule has 4 aliphatic carbocycles. The predicted molar refractivity (Wildman–Crippen MR) is 161 cm³/mol. The average molecular weight is 480 g/mol. The fourth-order valence-corrected chi connectivity index (χ4v) is 5.40. The third-order valence-corrected chi connectivity index (χ3v) is 7.16. The second-order valence-electron chi connectivity index (χ2n) is 10.4. The highest BCUT2D eigenvalue weighted by Gasteiger charge is 2.30. The van der Waals surface area contributed by atoms with Crippen molar-refractivity contribution in [3.05, 3.63) is 118 Å². The van der Waals surface area contributed by atoms with Crippen LogP contribution in [0, 0.1) is 25.2 Å². The molecule has 5 rings (SSSR count). The zero-order valence-corrected chi connectivity index (χ0v) is 23.6. The lowest BCUT2D eigenvalue weighted by atomic mass is 9.74. The minimum atomic E-state index is 0.424. The highest BCUT2D eigenvalue weighted by atomic mass is 14.3. The molecule has 0 N–H and O–H groups in total. The number of rotatable bonds is 4. The lowest BCUT2D eigenvalue weighted by Crippen LogP contribution is -2.15. The Kier molecular flexibility index (Phi) is 11.1. The lowest BCUT2D eigenvalue weighted by Gasteiger charge is -2.30. The number of allylic oxidation sites excluding steroid dienone is 14. The molecule has 0 heteroatoms. The molecule has 0 bridgehead atoms. The summed E-state index contributed by atoms with van der Waals surface area (Å²) in [5.74, 6) is 1.15. The summed E-state index contributed by atoms with van der Waals surface area (Å²) >= 11 is 0. The fourth-order valence-electron chi connectivity index (χ4n) is 5.40. The van der Waals surface area contributed by atoms with Crippen LogP contribution in [0.25, 0.3) is 5.57 Å². The lowest BCUT2D eigenvalue weighted by molar-refractivity contribution is 0.403. The van der Waals surface area contributed by atoms with Crippen molar-refractivity contribution in [1.82, 2.24) is 0 Å². The number of aryl methyl sites for hydroxylation is 1. The minimum absolute atomic E-state index is 0.424. The number of fused-ring (bicyclic) bond motifs is 1. The van der Waals surface area contributed by atoms with Crippen LogP contribution in [0.5, 0.6) is 0 Å². The smallest absolute Gasteiger partial charge is 0.0216 e. The Labute approximate surface area is 222 Å². The maximum atomic E-state index is 2.52. The summed E-state index contributed by atoms with van der Waals surface area (Å²) < 4.78 is 0. The van der Waals surface area contributed by atoms with Crippen molar-refractivity contribution >= 4 is 5.57 Å². The van der Waals surface area contributed by atoms with Crippen molar-refractivity contribution in [2.24, 2.45) is 11.8 Å². The van der Waals surface area contributed by atoms with Gasteiger partial charge in [-0.3, -0.25) is 0 Å². The van der Waals surface area contributed by atoms with Crippen molar-refractivity contribution in [3.63, 3.8) is 0 Å². The Morgan fingerprint density at radius 3 is 2.17 bits per heavy atom. The molecule has 0 spiro atoms. The van der Waals surface area contributed by atoms with Gasteiger partial charge in [-0.15, -0.1) is 0 Å². The Bertz CT molecular complexity index is 1070. The molecule has 0 saturated heterocycles. The van der Waals surface area contributed by atoms with E-state index in [1.807, 2.05) is 13.8 Å². The first-order valence-corrected chi connectivity index (χ1v) is 14.4. The molecule has 1 atom stereocenters. The molecule has 4 aliphatic rings. The van der Waals surface area contributed by atoms with Crippen molar-refractivity contribution in [2.45, 2.75) is 86.5 Å². The zero-order chi connectivity index (χ0) is 25.9. The first-order valence-electron chi connectivity index (χ1n) is 14.4. The topological polar surface area (TPSA) is 0 Å². The van der Waals surface area contributed by atoms with Crippen molar-refractivity contribution in [3.8, 4) is 0 Å². The van der Waals surface area contributed by atoms with Crippen LogP contribution in [0.3, 0.4) is 0 Å². The molecule has 0 aromatic heterocycles. The van der Waals surface area contributed by atoms with Crippen LogP contribution >= 0.6 is 0 Å². The molecule has 0 nitrogen and oxygen atoms in total. The molecule has 0 heterocycles. The van der Waals surface area contributed by atoms with Gasteiger partial charge in [-0.1, -0.05) is 143 Å². The zero-order valence-electron chi connectivity index (χ0n) is 23.6. The van der Waals surface area contributed by atoms with E-state index in [0.717, 1.165) is 12.3 Å². The second-order valence-corrected chi connectivity index (χ2v) is 10.4. The van der Waals surface area contributed by atoms with Crippen molar-refractivity contribution < 1.29 is 0 Å². The van der Waals surface area contributed by atoms with Gasteiger partial charge in [0.05, 0.1) is 0 Å². The van der Waals surface area contributed by atoms with E-state index >= 15 is 0 Å². The van der Waals surface area contributed by atoms with Gasteiger partial charge < -0.3 is 0 Å². The normalized spacial score (nSPS) is 21.1. The Balaban J connectivity index is 0.000000674. The van der Waals surface area contributed by atoms with Crippen LogP contribution in [0.4, 0.5) is 0 Å². The van der Waals surface area contributed by atoms with Gasteiger partial charge in [-0.05, 0) is 66.9 Å². The van der Waals surface area contributed by atoms with Gasteiger partial charge in [0.15, 0.2) is 0 Å². The molecule has 1 saturated carbocycles. The van der Waals surface area contributed by atoms with Crippen LogP contribution in [0.2, 0.25) is 0 Å². The van der Waals surface area contributed by atoms with Gasteiger partial charge in [0.2, 0.25) is 0 Å². The standard InChI is InChI=1S/C31H33.C3H8.C2H6/c1-22-7-6-8-24(14-11-22)17-25-18-29-20-28(26-15-12-23(2)13-16-26)21-31(30(29)19-25)27-9-4-3-5-10-27;1-3-2;1-2/h6-8,11-16,18-21,27,29H,3-5,9-10,17H2,1-2H3;3H2,1-2H3;1-2H3. The number of benzene rings is 1. The van der Waals surface area contributed by atoms with Gasteiger partial charge in [-0.25, -0.2) is 0 Å². The van der Waals surface area contributed by atoms with E-state index < -0.39 is 0 Å². The number of hydrogen-bond donors (Lipinski definition) is 0. The quantitative estimate of drug-likeness (QED) is 0.403. The Morgan fingerprint density at radius 2 is 1.47 bits per heavy atom. The first-order chi connectivity index (χ1) is 17.6. The third-order valence-electron chi connectivity index (χ3n) is 7.16. The van der Waals surface area contributed by atoms with Crippen LogP contribution in [0.15, 0.2) is 101 Å². The maximum absolute atomic E-state index is 2.52. The van der Waals surface area contributed by atoms with E-state index in [2.05, 4.69) is 107 Å². The van der Waals surface area contributed by atoms with E-state index in [4.69, 9.17) is 0 Å². The maximum Gasteiger partial charge on any atom is 0.0216 e. The van der Waals surface area contributed by atoms with Gasteiger partial charge >= 0.3 is 0 Å². The van der Waals surface area contributed by atoms with Crippen LogP contribution in [-0.2, 0) is 0 Å². The Hall–Kier alpha value is -2.60. The summed E-state index contributed by atoms with van der Waals surface area (Å²) in [4.78, 5) is 0. The van der Waals surface area contributed by atoms with E-state index in [9.17, 15) is 0 Å². The van der Waals surface area contributed by atoms with Crippen LogP contribution in [0.1, 0.15) is 90.7 Å². The SMILES string of the molecule is CC.CC1=CC=C(CC2=CC3C=C(c4ccc(C)cc4)C=C(C4CCCCC4)C3=C2)[CH]C=C1.CCC. The molecule has 1 aromatic carbocycles. The number of hydrogen-bond acceptors (Lipinski definition) is 0. The first kappa shape index (κ1) is 28.0. The molecule has 1 aromatic rings. The summed E-state index contributed by atoms with van der Waals surface area (Å²) in [5, 5.41) is 0. The molecule has 191 valence electrons. The minimum Gasteiger partial charge on any atom is -0.0761 e. The summed E-state index contributed by atoms with van der Waals surface area (Å²) in [7, 11) is 0. The highest BCUT2D eigenvalue weighted by molar-refractivity contribution is 5.80. The summed E-state index contributed by atoms with van der Waals surface area (Å²) in [6.07, 6.45) is 30.3. The molecule has 1 fully saturated rings. The largest absolute Gasteiger partial charge is 0.0761 e. The van der Waals surface area contributed by atoms with E-state index in [1.54, 1.807) is 11.1 Å². The molecule has 36 heavy (non-hydrogen) atoms. The van der Waals surface area contributed by atoms with E-state index in [1.165, 1.54) is 71.9 Å². The van der Waals surface area contributed by atoms with Gasteiger partial charge in [0.25, 0.3) is 0 Å². The molecule has 1 radical (unpaired) electrons. The van der Waals surface area contributed by atoms with Gasteiger partial charge in [0, 0.05) is 12.3 Å². The van der Waals surface area contributed by atoms with Crippen molar-refractivity contribution in [1.29, 1.82) is 0 Å². The fraction of sp³-hybridized carbons (Fsp3) is 0.417. The van der Waals surface area contributed by atoms with Crippen molar-refractivity contribution in [2.75, 3.05) is 0 Å². The molecule has 0 aliphatic heterocycles.